The molecule has 0 radical (unpaired) electrons. The van der Waals surface area contributed by atoms with E-state index in [1.807, 2.05) is 0 Å². The number of rotatable bonds is 7. The lowest BCUT2D eigenvalue weighted by atomic mass is 10.1. The summed E-state index contributed by atoms with van der Waals surface area (Å²) in [7, 11) is 0. The van der Waals surface area contributed by atoms with E-state index < -0.39 is 0 Å². The normalized spacial score (nSPS) is 10.6. The largest absolute Gasteiger partial charge is 0.395 e. The van der Waals surface area contributed by atoms with Gasteiger partial charge >= 0.3 is 0 Å². The number of benzene rings is 1. The van der Waals surface area contributed by atoms with Gasteiger partial charge in [0.2, 0.25) is 0 Å². The van der Waals surface area contributed by atoms with Crippen LogP contribution in [0.25, 0.3) is 0 Å². The van der Waals surface area contributed by atoms with E-state index >= 15 is 0 Å². The first-order valence-corrected chi connectivity index (χ1v) is 6.38. The Kier molecular flexibility index (Phi) is 6.01. The smallest absolute Gasteiger partial charge is 0.0606 e. The molecule has 3 N–H and O–H groups in total. The quantitative estimate of drug-likeness (QED) is 0.762. The van der Waals surface area contributed by atoms with Gasteiger partial charge in [-0.25, -0.2) is 0 Å². The van der Waals surface area contributed by atoms with E-state index in [0.29, 0.717) is 13.1 Å². The van der Waals surface area contributed by atoms with Crippen molar-refractivity contribution in [2.75, 3.05) is 24.6 Å². The minimum absolute atomic E-state index is 0.196. The van der Waals surface area contributed by atoms with Crippen LogP contribution in [0.2, 0.25) is 0 Å². The molecule has 0 spiro atoms. The summed E-state index contributed by atoms with van der Waals surface area (Å²) in [5.41, 5.74) is 9.23. The molecule has 1 aromatic rings. The average Bonchev–Trinajstić information content (AvgIpc) is 2.34. The van der Waals surface area contributed by atoms with Crippen LogP contribution >= 0.6 is 0 Å². The maximum atomic E-state index is 9.13. The number of hydrogen-bond acceptors (Lipinski definition) is 3. The van der Waals surface area contributed by atoms with Gasteiger partial charge in [-0.3, -0.25) is 0 Å². The molecule has 0 saturated carbocycles. The molecule has 0 aliphatic carbocycles. The van der Waals surface area contributed by atoms with Crippen molar-refractivity contribution in [2.24, 2.45) is 5.73 Å². The molecule has 0 aliphatic heterocycles. The van der Waals surface area contributed by atoms with Gasteiger partial charge in [0.05, 0.1) is 6.61 Å². The molecule has 17 heavy (non-hydrogen) atoms. The van der Waals surface area contributed by atoms with Crippen molar-refractivity contribution >= 4 is 5.69 Å². The highest BCUT2D eigenvalue weighted by atomic mass is 16.3. The topological polar surface area (TPSA) is 49.5 Å². The zero-order chi connectivity index (χ0) is 12.7. The first-order valence-electron chi connectivity index (χ1n) is 6.38. The van der Waals surface area contributed by atoms with Crippen LogP contribution in [0, 0.1) is 6.92 Å². The highest BCUT2D eigenvalue weighted by Crippen LogP contribution is 2.21. The van der Waals surface area contributed by atoms with Crippen LogP contribution in [0.15, 0.2) is 18.2 Å². The first kappa shape index (κ1) is 14.0. The molecular weight excluding hydrogens is 212 g/mol. The zero-order valence-corrected chi connectivity index (χ0v) is 10.9. The van der Waals surface area contributed by atoms with E-state index in [9.17, 15) is 0 Å². The molecule has 1 rings (SSSR count). The molecular formula is C14H24N2O. The van der Waals surface area contributed by atoms with Gasteiger partial charge in [-0.15, -0.1) is 0 Å². The van der Waals surface area contributed by atoms with E-state index in [4.69, 9.17) is 10.8 Å². The monoisotopic (exact) mass is 236 g/mol. The predicted molar refractivity (Wildman–Crippen MR) is 73.3 cm³/mol. The molecule has 0 aliphatic rings. The molecule has 0 amide bonds. The number of nitrogens with zero attached hydrogens (tertiary/aromatic N) is 1. The Balaban J connectivity index is 2.85. The van der Waals surface area contributed by atoms with Crippen LogP contribution in [0.4, 0.5) is 5.69 Å². The third kappa shape index (κ3) is 4.02. The lowest BCUT2D eigenvalue weighted by Gasteiger charge is -2.26. The Labute approximate surface area is 104 Å². The molecule has 3 nitrogen and oxygen atoms in total. The van der Waals surface area contributed by atoms with Crippen molar-refractivity contribution in [3.63, 3.8) is 0 Å². The minimum Gasteiger partial charge on any atom is -0.395 e. The average molecular weight is 236 g/mol. The number of nitrogens with two attached hydrogens (primary N) is 1. The summed E-state index contributed by atoms with van der Waals surface area (Å²) in [5, 5.41) is 9.13. The number of hydrogen-bond donors (Lipinski definition) is 2. The van der Waals surface area contributed by atoms with Crippen molar-refractivity contribution in [3.05, 3.63) is 29.3 Å². The molecule has 96 valence electrons. The second-order valence-electron chi connectivity index (χ2n) is 4.39. The number of unbranched alkanes of at least 4 members (excludes halogenated alkanes) is 1. The Morgan fingerprint density at radius 3 is 2.59 bits per heavy atom. The highest BCUT2D eigenvalue weighted by Gasteiger charge is 2.08. The summed E-state index contributed by atoms with van der Waals surface area (Å²) < 4.78 is 0. The van der Waals surface area contributed by atoms with Gasteiger partial charge < -0.3 is 15.7 Å². The second kappa shape index (κ2) is 7.30. The van der Waals surface area contributed by atoms with E-state index in [-0.39, 0.29) is 6.61 Å². The van der Waals surface area contributed by atoms with Crippen LogP contribution in [-0.4, -0.2) is 24.8 Å². The lowest BCUT2D eigenvalue weighted by molar-refractivity contribution is 0.301. The summed E-state index contributed by atoms with van der Waals surface area (Å²) in [5.74, 6) is 0. The standard InChI is InChI=1S/C14H24N2O/c1-3-4-7-16(8-9-17)14-6-5-13(11-15)10-12(14)2/h5-6,10,17H,3-4,7-9,11,15H2,1-2H3. The fraction of sp³-hybridized carbons (Fsp3) is 0.571. The summed E-state index contributed by atoms with van der Waals surface area (Å²) in [4.78, 5) is 2.25. The van der Waals surface area contributed by atoms with Crippen molar-refractivity contribution in [2.45, 2.75) is 33.2 Å². The molecule has 0 atom stereocenters. The number of aliphatic hydroxyl groups excluding tert-OH is 1. The molecule has 0 heterocycles. The summed E-state index contributed by atoms with van der Waals surface area (Å²) in [6, 6.07) is 6.31. The number of aryl methyl sites for hydroxylation is 1. The van der Waals surface area contributed by atoms with Gasteiger partial charge in [-0.05, 0) is 30.5 Å². The number of aliphatic hydroxyl groups is 1. The zero-order valence-electron chi connectivity index (χ0n) is 10.9. The van der Waals surface area contributed by atoms with E-state index in [2.05, 4.69) is 36.9 Å². The third-order valence-corrected chi connectivity index (χ3v) is 2.99. The molecule has 0 unspecified atom stereocenters. The van der Waals surface area contributed by atoms with Crippen molar-refractivity contribution in [3.8, 4) is 0 Å². The Bertz CT molecular complexity index is 339. The maximum absolute atomic E-state index is 9.13. The summed E-state index contributed by atoms with van der Waals surface area (Å²) in [6.45, 7) is 6.76. The van der Waals surface area contributed by atoms with Crippen molar-refractivity contribution < 1.29 is 5.11 Å². The van der Waals surface area contributed by atoms with E-state index in [1.54, 1.807) is 0 Å². The van der Waals surface area contributed by atoms with Gasteiger partial charge in [0.25, 0.3) is 0 Å². The summed E-state index contributed by atoms with van der Waals surface area (Å²) in [6.07, 6.45) is 2.32. The molecule has 3 heteroatoms. The van der Waals surface area contributed by atoms with Crippen LogP contribution in [-0.2, 0) is 6.54 Å². The Morgan fingerprint density at radius 2 is 2.06 bits per heavy atom. The Morgan fingerprint density at radius 1 is 1.29 bits per heavy atom. The summed E-state index contributed by atoms with van der Waals surface area (Å²) >= 11 is 0. The molecule has 0 fully saturated rings. The molecule has 1 aromatic carbocycles. The second-order valence-corrected chi connectivity index (χ2v) is 4.39. The minimum atomic E-state index is 0.196. The molecule has 0 saturated heterocycles. The molecule has 0 bridgehead atoms. The van der Waals surface area contributed by atoms with Gasteiger partial charge in [0, 0.05) is 25.3 Å². The van der Waals surface area contributed by atoms with Crippen LogP contribution in [0.5, 0.6) is 0 Å². The van der Waals surface area contributed by atoms with Crippen molar-refractivity contribution in [1.29, 1.82) is 0 Å². The SMILES string of the molecule is CCCCN(CCO)c1ccc(CN)cc1C. The van der Waals surface area contributed by atoms with Gasteiger partial charge in [-0.1, -0.05) is 25.5 Å². The highest BCUT2D eigenvalue weighted by molar-refractivity contribution is 5.54. The Hall–Kier alpha value is -1.06. The van der Waals surface area contributed by atoms with Gasteiger partial charge in [0.15, 0.2) is 0 Å². The predicted octanol–water partition coefficient (Wildman–Crippen LogP) is 2.05. The fourth-order valence-corrected chi connectivity index (χ4v) is 2.02. The first-order chi connectivity index (χ1) is 8.22. The van der Waals surface area contributed by atoms with Gasteiger partial charge in [-0.2, -0.15) is 0 Å². The van der Waals surface area contributed by atoms with E-state index in [1.165, 1.54) is 17.7 Å². The number of anilines is 1. The van der Waals surface area contributed by atoms with Crippen molar-refractivity contribution in [1.82, 2.24) is 0 Å². The molecule has 0 aromatic heterocycles. The van der Waals surface area contributed by atoms with Gasteiger partial charge in [0.1, 0.15) is 0 Å². The third-order valence-electron chi connectivity index (χ3n) is 2.99. The van der Waals surface area contributed by atoms with Crippen LogP contribution in [0.3, 0.4) is 0 Å². The van der Waals surface area contributed by atoms with E-state index in [0.717, 1.165) is 18.5 Å². The van der Waals surface area contributed by atoms with Crippen LogP contribution in [0.1, 0.15) is 30.9 Å². The van der Waals surface area contributed by atoms with Crippen LogP contribution < -0.4 is 10.6 Å². The lowest BCUT2D eigenvalue weighted by Crippen LogP contribution is -2.28. The maximum Gasteiger partial charge on any atom is 0.0606 e. The fourth-order valence-electron chi connectivity index (χ4n) is 2.02.